The molecule has 0 aliphatic carbocycles. The number of nitrogens with zero attached hydrogens (tertiary/aromatic N) is 1. The average Bonchev–Trinajstić information content (AvgIpc) is 2.54. The average molecular weight is 333 g/mol. The summed E-state index contributed by atoms with van der Waals surface area (Å²) < 4.78 is 0. The van der Waals surface area contributed by atoms with Gasteiger partial charge in [-0.15, -0.1) is 0 Å². The van der Waals surface area contributed by atoms with Crippen molar-refractivity contribution in [2.45, 2.75) is 64.9 Å². The molecule has 1 fully saturated rings. The molecular formula is C20H31NO3. The topological polar surface area (TPSA) is 63.9 Å². The molecule has 2 aliphatic heterocycles. The van der Waals surface area contributed by atoms with Crippen molar-refractivity contribution in [3.05, 3.63) is 34.4 Å². The molecule has 1 saturated heterocycles. The Morgan fingerprint density at radius 1 is 1.21 bits per heavy atom. The van der Waals surface area contributed by atoms with Gasteiger partial charge in [-0.05, 0) is 60.3 Å². The zero-order valence-corrected chi connectivity index (χ0v) is 15.1. The van der Waals surface area contributed by atoms with Crippen molar-refractivity contribution < 1.29 is 15.3 Å². The molecule has 0 amide bonds. The van der Waals surface area contributed by atoms with Crippen LogP contribution in [-0.4, -0.2) is 39.4 Å². The molecule has 0 aromatic heterocycles. The second kappa shape index (κ2) is 6.75. The van der Waals surface area contributed by atoms with E-state index in [0.29, 0.717) is 11.8 Å². The smallest absolute Gasteiger partial charge is 0.0685 e. The number of benzene rings is 1. The number of aliphatic hydroxyl groups excluding tert-OH is 3. The standard InChI is InChI=1S/C20H31NO3/c1-13(2)6-15-10-21-5-4-14-7-16(11-22)17(12-23)8-18(14)20(21,3)9-19(15)24/h7-8,13,15,19,22-24H,4-6,9-12H2,1-3H3/t15-,19+,20-/m0/s1. The zero-order valence-electron chi connectivity index (χ0n) is 15.1. The molecule has 0 radical (unpaired) electrons. The molecule has 1 aromatic rings. The monoisotopic (exact) mass is 333 g/mol. The molecule has 2 aliphatic rings. The zero-order chi connectivity index (χ0) is 17.5. The van der Waals surface area contributed by atoms with Crippen LogP contribution in [0.1, 0.15) is 55.9 Å². The Kier molecular flexibility index (Phi) is 5.03. The first kappa shape index (κ1) is 17.9. The van der Waals surface area contributed by atoms with Crippen molar-refractivity contribution in [2.24, 2.45) is 11.8 Å². The lowest BCUT2D eigenvalue weighted by Gasteiger charge is -2.53. The van der Waals surface area contributed by atoms with Crippen LogP contribution in [-0.2, 0) is 25.2 Å². The van der Waals surface area contributed by atoms with Crippen molar-refractivity contribution >= 4 is 0 Å². The maximum absolute atomic E-state index is 10.8. The van der Waals surface area contributed by atoms with Crippen molar-refractivity contribution in [3.63, 3.8) is 0 Å². The molecule has 2 heterocycles. The first-order chi connectivity index (χ1) is 11.4. The Morgan fingerprint density at radius 3 is 2.50 bits per heavy atom. The van der Waals surface area contributed by atoms with Gasteiger partial charge in [0.15, 0.2) is 0 Å². The van der Waals surface area contributed by atoms with E-state index < -0.39 is 0 Å². The van der Waals surface area contributed by atoms with E-state index in [1.807, 2.05) is 0 Å². The third-order valence-electron chi connectivity index (χ3n) is 6.08. The van der Waals surface area contributed by atoms with Gasteiger partial charge < -0.3 is 15.3 Å². The summed E-state index contributed by atoms with van der Waals surface area (Å²) >= 11 is 0. The van der Waals surface area contributed by atoms with Crippen LogP contribution in [0.5, 0.6) is 0 Å². The molecule has 24 heavy (non-hydrogen) atoms. The summed E-state index contributed by atoms with van der Waals surface area (Å²) in [5, 5.41) is 30.0. The van der Waals surface area contributed by atoms with E-state index in [2.05, 4.69) is 37.8 Å². The lowest BCUT2D eigenvalue weighted by molar-refractivity contribution is -0.0647. The van der Waals surface area contributed by atoms with Crippen LogP contribution < -0.4 is 0 Å². The maximum Gasteiger partial charge on any atom is 0.0685 e. The van der Waals surface area contributed by atoms with Crippen LogP contribution in [0.4, 0.5) is 0 Å². The molecular weight excluding hydrogens is 302 g/mol. The SMILES string of the molecule is CC(C)C[C@H]1CN2CCc3cc(CO)c(CO)cc3[C@]2(C)C[C@H]1O. The van der Waals surface area contributed by atoms with Crippen molar-refractivity contribution in [1.29, 1.82) is 0 Å². The van der Waals surface area contributed by atoms with E-state index in [9.17, 15) is 15.3 Å². The number of hydrogen-bond acceptors (Lipinski definition) is 4. The van der Waals surface area contributed by atoms with E-state index in [4.69, 9.17) is 0 Å². The van der Waals surface area contributed by atoms with E-state index in [1.54, 1.807) is 0 Å². The molecule has 3 N–H and O–H groups in total. The Morgan fingerprint density at radius 2 is 1.88 bits per heavy atom. The Labute approximate surface area is 145 Å². The van der Waals surface area contributed by atoms with Gasteiger partial charge in [-0.2, -0.15) is 0 Å². The lowest BCUT2D eigenvalue weighted by atomic mass is 9.71. The first-order valence-corrected chi connectivity index (χ1v) is 9.19. The number of fused-ring (bicyclic) bond motifs is 3. The van der Waals surface area contributed by atoms with Crippen LogP contribution in [0.15, 0.2) is 12.1 Å². The van der Waals surface area contributed by atoms with Gasteiger partial charge >= 0.3 is 0 Å². The molecule has 3 rings (SSSR count). The molecule has 4 nitrogen and oxygen atoms in total. The molecule has 1 aromatic carbocycles. The van der Waals surface area contributed by atoms with Gasteiger partial charge in [0.25, 0.3) is 0 Å². The summed E-state index contributed by atoms with van der Waals surface area (Å²) in [6, 6.07) is 4.11. The number of piperidine rings is 1. The van der Waals surface area contributed by atoms with Crippen LogP contribution in [0.2, 0.25) is 0 Å². The lowest BCUT2D eigenvalue weighted by Crippen LogP contribution is -2.58. The van der Waals surface area contributed by atoms with E-state index in [-0.39, 0.29) is 24.9 Å². The van der Waals surface area contributed by atoms with Gasteiger partial charge in [0.2, 0.25) is 0 Å². The first-order valence-electron chi connectivity index (χ1n) is 9.19. The number of hydrogen-bond donors (Lipinski definition) is 3. The van der Waals surface area contributed by atoms with Crippen molar-refractivity contribution in [2.75, 3.05) is 13.1 Å². The second-order valence-corrected chi connectivity index (χ2v) is 8.23. The van der Waals surface area contributed by atoms with E-state index >= 15 is 0 Å². The third kappa shape index (κ3) is 3.01. The Balaban J connectivity index is 1.96. The third-order valence-corrected chi connectivity index (χ3v) is 6.08. The second-order valence-electron chi connectivity index (χ2n) is 8.23. The Hall–Kier alpha value is -0.940. The number of rotatable bonds is 4. The quantitative estimate of drug-likeness (QED) is 0.790. The van der Waals surface area contributed by atoms with Crippen LogP contribution in [0, 0.1) is 11.8 Å². The molecule has 0 saturated carbocycles. The minimum absolute atomic E-state index is 0.0390. The highest BCUT2D eigenvalue weighted by Gasteiger charge is 2.46. The highest BCUT2D eigenvalue weighted by atomic mass is 16.3. The van der Waals surface area contributed by atoms with Crippen molar-refractivity contribution in [1.82, 2.24) is 4.90 Å². The summed E-state index contributed by atoms with van der Waals surface area (Å²) in [6.07, 6.45) is 2.48. The minimum atomic E-state index is -0.283. The number of aliphatic hydroxyl groups is 3. The van der Waals surface area contributed by atoms with Crippen LogP contribution >= 0.6 is 0 Å². The van der Waals surface area contributed by atoms with Crippen molar-refractivity contribution in [3.8, 4) is 0 Å². The molecule has 134 valence electrons. The largest absolute Gasteiger partial charge is 0.393 e. The Bertz CT molecular complexity index is 601. The predicted octanol–water partition coefficient (Wildman–Crippen LogP) is 2.17. The minimum Gasteiger partial charge on any atom is -0.393 e. The molecule has 0 bridgehead atoms. The van der Waals surface area contributed by atoms with Gasteiger partial charge in [-0.25, -0.2) is 0 Å². The molecule has 3 atom stereocenters. The summed E-state index contributed by atoms with van der Waals surface area (Å²) in [7, 11) is 0. The molecule has 0 unspecified atom stereocenters. The summed E-state index contributed by atoms with van der Waals surface area (Å²) in [4.78, 5) is 2.52. The summed E-state index contributed by atoms with van der Waals surface area (Å²) in [6.45, 7) is 8.49. The fraction of sp³-hybridized carbons (Fsp3) is 0.700. The maximum atomic E-state index is 10.8. The van der Waals surface area contributed by atoms with E-state index in [1.165, 1.54) is 11.1 Å². The summed E-state index contributed by atoms with van der Waals surface area (Å²) in [5.41, 5.74) is 3.92. The van der Waals surface area contributed by atoms with Gasteiger partial charge in [0.05, 0.1) is 19.3 Å². The normalized spacial score (nSPS) is 30.3. The van der Waals surface area contributed by atoms with Gasteiger partial charge in [-0.1, -0.05) is 26.0 Å². The predicted molar refractivity (Wildman–Crippen MR) is 94.5 cm³/mol. The molecule has 4 heteroatoms. The van der Waals surface area contributed by atoms with Crippen LogP contribution in [0.25, 0.3) is 0 Å². The van der Waals surface area contributed by atoms with Gasteiger partial charge in [-0.3, -0.25) is 4.90 Å². The molecule has 0 spiro atoms. The highest BCUT2D eigenvalue weighted by Crippen LogP contribution is 2.45. The van der Waals surface area contributed by atoms with Crippen LogP contribution in [0.3, 0.4) is 0 Å². The van der Waals surface area contributed by atoms with E-state index in [0.717, 1.165) is 43.5 Å². The fourth-order valence-electron chi connectivity index (χ4n) is 4.76. The fourth-order valence-corrected chi connectivity index (χ4v) is 4.76. The van der Waals surface area contributed by atoms with Gasteiger partial charge in [0, 0.05) is 18.6 Å². The summed E-state index contributed by atoms with van der Waals surface area (Å²) in [5.74, 6) is 0.938. The highest BCUT2D eigenvalue weighted by molar-refractivity contribution is 5.44. The van der Waals surface area contributed by atoms with Gasteiger partial charge in [0.1, 0.15) is 0 Å².